The van der Waals surface area contributed by atoms with Crippen molar-refractivity contribution < 1.29 is 42.1 Å². The number of hydrogen-bond donors (Lipinski definition) is 1. The maximum absolute atomic E-state index is 13.0. The van der Waals surface area contributed by atoms with E-state index < -0.39 is 43.1 Å². The van der Waals surface area contributed by atoms with Crippen molar-refractivity contribution in [3.05, 3.63) is 52.4 Å². The maximum Gasteiger partial charge on any atom is 0.387 e. The van der Waals surface area contributed by atoms with Crippen molar-refractivity contribution in [2.24, 2.45) is 5.92 Å². The van der Waals surface area contributed by atoms with Crippen LogP contribution in [0.3, 0.4) is 0 Å². The van der Waals surface area contributed by atoms with Crippen LogP contribution in [0.5, 0.6) is 5.75 Å². The van der Waals surface area contributed by atoms with Gasteiger partial charge in [0, 0.05) is 17.0 Å². The quantitative estimate of drug-likeness (QED) is 0.472. The molecule has 0 saturated heterocycles. The fraction of sp³-hybridized carbons (Fsp3) is 0.409. The highest BCUT2D eigenvalue weighted by Gasteiger charge is 2.39. The first kappa shape index (κ1) is 24.8. The summed E-state index contributed by atoms with van der Waals surface area (Å²) in [7, 11) is 1.16. The number of ether oxygens (including phenoxy) is 4. The number of esters is 3. The topological polar surface area (TPSA) is 100 Å². The lowest BCUT2D eigenvalue weighted by atomic mass is 9.80. The minimum atomic E-state index is -3.12. The molecule has 1 aliphatic heterocycles. The first-order valence-electron chi connectivity index (χ1n) is 9.72. The average Bonchev–Trinajstić information content (AvgIpc) is 2.72. The van der Waals surface area contributed by atoms with Crippen LogP contribution in [0.25, 0.3) is 0 Å². The van der Waals surface area contributed by atoms with Gasteiger partial charge in [-0.25, -0.2) is 9.59 Å². The van der Waals surface area contributed by atoms with Crippen molar-refractivity contribution in [3.63, 3.8) is 0 Å². The molecule has 1 aromatic carbocycles. The lowest BCUT2D eigenvalue weighted by molar-refractivity contribution is -0.167. The molecule has 174 valence electrons. The van der Waals surface area contributed by atoms with Crippen LogP contribution in [0.1, 0.15) is 39.2 Å². The smallest absolute Gasteiger partial charge is 0.387 e. The normalized spacial score (nSPS) is 16.1. The number of rotatable bonds is 8. The van der Waals surface area contributed by atoms with E-state index >= 15 is 0 Å². The summed E-state index contributed by atoms with van der Waals surface area (Å²) in [6.45, 7) is 2.62. The van der Waals surface area contributed by atoms with E-state index in [-0.39, 0.29) is 22.5 Å². The Balaban J connectivity index is 2.52. The van der Waals surface area contributed by atoms with E-state index in [9.17, 15) is 23.2 Å². The Hall–Kier alpha value is -3.43. The number of nitrogens with one attached hydrogen (secondary N) is 1. The molecule has 0 radical (unpaired) electrons. The van der Waals surface area contributed by atoms with E-state index in [0.717, 1.165) is 7.11 Å². The molecular weight excluding hydrogens is 428 g/mol. The summed E-state index contributed by atoms with van der Waals surface area (Å²) in [5.41, 5.74) is 0.817. The Morgan fingerprint density at radius 2 is 1.59 bits per heavy atom. The molecule has 0 spiro atoms. The monoisotopic (exact) mass is 453 g/mol. The van der Waals surface area contributed by atoms with E-state index in [1.165, 1.54) is 18.2 Å². The van der Waals surface area contributed by atoms with E-state index in [2.05, 4.69) is 10.1 Å². The minimum absolute atomic E-state index is 0.0227. The molecule has 0 bridgehead atoms. The molecule has 1 aromatic rings. The van der Waals surface area contributed by atoms with Gasteiger partial charge in [0.15, 0.2) is 0 Å². The molecule has 0 amide bonds. The minimum Gasteiger partial charge on any atom is -0.466 e. The number of carbonyl (C=O) groups is 3. The third-order valence-corrected chi connectivity index (χ3v) is 4.69. The maximum atomic E-state index is 13.0. The SMILES string of the molecule is COC(=O)C1=C(C)NC(C)=C(C(=O)OCOC(=O)C(C)C)[C@@H]1c1ccccc1OC(F)F. The third-order valence-electron chi connectivity index (χ3n) is 4.69. The predicted octanol–water partition coefficient (Wildman–Crippen LogP) is 3.40. The van der Waals surface area contributed by atoms with Crippen molar-refractivity contribution in [3.8, 4) is 5.75 Å². The van der Waals surface area contributed by atoms with Crippen molar-refractivity contribution >= 4 is 17.9 Å². The fourth-order valence-corrected chi connectivity index (χ4v) is 3.26. The molecule has 1 N–H and O–H groups in total. The van der Waals surface area contributed by atoms with Crippen LogP contribution in [0.2, 0.25) is 0 Å². The highest BCUT2D eigenvalue weighted by molar-refractivity contribution is 6.00. The van der Waals surface area contributed by atoms with Gasteiger partial charge in [0.1, 0.15) is 5.75 Å². The summed E-state index contributed by atoms with van der Waals surface area (Å²) >= 11 is 0. The molecule has 0 unspecified atom stereocenters. The van der Waals surface area contributed by atoms with E-state index in [0.29, 0.717) is 11.4 Å². The number of para-hydroxylation sites is 1. The largest absolute Gasteiger partial charge is 0.466 e. The summed E-state index contributed by atoms with van der Waals surface area (Å²) < 4.78 is 45.5. The Bertz CT molecular complexity index is 953. The second-order valence-corrected chi connectivity index (χ2v) is 7.21. The van der Waals surface area contributed by atoms with Crippen LogP contribution >= 0.6 is 0 Å². The number of alkyl halides is 2. The highest BCUT2D eigenvalue weighted by atomic mass is 19.3. The Labute approximate surface area is 184 Å². The second-order valence-electron chi connectivity index (χ2n) is 7.21. The first-order chi connectivity index (χ1) is 15.1. The van der Waals surface area contributed by atoms with E-state index in [1.807, 2.05) is 0 Å². The zero-order chi connectivity index (χ0) is 24.0. The molecule has 32 heavy (non-hydrogen) atoms. The predicted molar refractivity (Wildman–Crippen MR) is 108 cm³/mol. The van der Waals surface area contributed by atoms with E-state index in [4.69, 9.17) is 14.2 Å². The number of dihydropyridines is 1. The fourth-order valence-electron chi connectivity index (χ4n) is 3.26. The molecule has 1 aliphatic rings. The standard InChI is InChI=1S/C22H25F2NO7/c1-11(2)19(26)30-10-31-21(28)17-13(4)25-12(3)16(20(27)29-5)18(17)14-8-6-7-9-15(14)32-22(23)24/h6-9,11,18,22,25H,10H2,1-5H3/t18-/m1/s1. The van der Waals surface area contributed by atoms with Gasteiger partial charge in [-0.15, -0.1) is 0 Å². The molecular formula is C22H25F2NO7. The zero-order valence-electron chi connectivity index (χ0n) is 18.4. The van der Waals surface area contributed by atoms with Crippen molar-refractivity contribution in [2.45, 2.75) is 40.2 Å². The molecule has 2 rings (SSSR count). The lowest BCUT2D eigenvalue weighted by Gasteiger charge is -2.31. The third kappa shape index (κ3) is 5.63. The molecule has 0 saturated carbocycles. The molecule has 8 nitrogen and oxygen atoms in total. The van der Waals surface area contributed by atoms with Gasteiger partial charge in [-0.2, -0.15) is 8.78 Å². The first-order valence-corrected chi connectivity index (χ1v) is 9.72. The number of carbonyl (C=O) groups excluding carboxylic acids is 3. The summed E-state index contributed by atoms with van der Waals surface area (Å²) in [6.07, 6.45) is 0. The van der Waals surface area contributed by atoms with Gasteiger partial charge in [0.25, 0.3) is 0 Å². The van der Waals surface area contributed by atoms with Gasteiger partial charge < -0.3 is 24.3 Å². The molecule has 1 atom stereocenters. The molecule has 10 heteroatoms. The molecule has 0 fully saturated rings. The molecule has 0 aliphatic carbocycles. The van der Waals surface area contributed by atoms with E-state index in [1.54, 1.807) is 33.8 Å². The number of benzene rings is 1. The summed E-state index contributed by atoms with van der Waals surface area (Å²) in [5.74, 6) is -4.01. The van der Waals surface area contributed by atoms with Crippen LogP contribution in [-0.4, -0.2) is 38.4 Å². The van der Waals surface area contributed by atoms with Crippen LogP contribution in [0, 0.1) is 5.92 Å². The van der Waals surface area contributed by atoms with Gasteiger partial charge in [-0.05, 0) is 19.9 Å². The Morgan fingerprint density at radius 1 is 1.00 bits per heavy atom. The zero-order valence-corrected chi connectivity index (χ0v) is 18.4. The Kier molecular flexibility index (Phi) is 8.34. The lowest BCUT2D eigenvalue weighted by Crippen LogP contribution is -2.33. The summed E-state index contributed by atoms with van der Waals surface area (Å²) in [4.78, 5) is 37.2. The van der Waals surface area contributed by atoms with Crippen LogP contribution < -0.4 is 10.1 Å². The molecule has 1 heterocycles. The van der Waals surface area contributed by atoms with Crippen molar-refractivity contribution in [2.75, 3.05) is 13.9 Å². The Morgan fingerprint density at radius 3 is 2.16 bits per heavy atom. The highest BCUT2D eigenvalue weighted by Crippen LogP contribution is 2.43. The number of allylic oxidation sites excluding steroid dienone is 2. The number of hydrogen-bond acceptors (Lipinski definition) is 8. The van der Waals surface area contributed by atoms with Gasteiger partial charge in [-0.3, -0.25) is 4.79 Å². The molecule has 0 aromatic heterocycles. The number of halogens is 2. The van der Waals surface area contributed by atoms with Crippen molar-refractivity contribution in [1.29, 1.82) is 0 Å². The van der Waals surface area contributed by atoms with Crippen LogP contribution in [0.15, 0.2) is 46.8 Å². The number of methoxy groups -OCH3 is 1. The van der Waals surface area contributed by atoms with Gasteiger partial charge in [0.05, 0.1) is 30.1 Å². The summed E-state index contributed by atoms with van der Waals surface area (Å²) in [5, 5.41) is 2.91. The average molecular weight is 453 g/mol. The van der Waals surface area contributed by atoms with Crippen molar-refractivity contribution in [1.82, 2.24) is 5.32 Å². The van der Waals surface area contributed by atoms with Crippen LogP contribution in [0.4, 0.5) is 8.78 Å². The van der Waals surface area contributed by atoms with Gasteiger partial charge in [0.2, 0.25) is 6.79 Å². The van der Waals surface area contributed by atoms with Gasteiger partial charge >= 0.3 is 24.5 Å². The van der Waals surface area contributed by atoms with Crippen LogP contribution in [-0.2, 0) is 28.6 Å². The van der Waals surface area contributed by atoms with Gasteiger partial charge in [-0.1, -0.05) is 32.0 Å². The second kappa shape index (κ2) is 10.7. The summed E-state index contributed by atoms with van der Waals surface area (Å²) in [6, 6.07) is 5.80.